The van der Waals surface area contributed by atoms with Crippen molar-refractivity contribution in [3.05, 3.63) is 34.9 Å². The lowest BCUT2D eigenvalue weighted by atomic mass is 9.91. The van der Waals surface area contributed by atoms with Crippen LogP contribution in [0.4, 0.5) is 0 Å². The molecule has 1 aromatic carbocycles. The van der Waals surface area contributed by atoms with E-state index in [9.17, 15) is 4.79 Å². The molecule has 0 aromatic heterocycles. The molecular formula is C13H19ClN2O3. The van der Waals surface area contributed by atoms with Crippen molar-refractivity contribution in [2.75, 3.05) is 26.4 Å². The number of carbonyl (C=O) groups is 1. The molecule has 0 aliphatic carbocycles. The van der Waals surface area contributed by atoms with Crippen molar-refractivity contribution >= 4 is 17.5 Å². The van der Waals surface area contributed by atoms with E-state index in [2.05, 4.69) is 5.32 Å². The number of ether oxygens (including phenoxy) is 1. The molecule has 1 aromatic rings. The molecule has 0 bridgehead atoms. The number of primary amides is 1. The first-order valence-electron chi connectivity index (χ1n) is 6.00. The van der Waals surface area contributed by atoms with E-state index in [1.807, 2.05) is 0 Å². The van der Waals surface area contributed by atoms with E-state index in [1.54, 1.807) is 31.2 Å². The Morgan fingerprint density at radius 2 is 2.26 bits per heavy atom. The fraction of sp³-hybridized carbons (Fsp3) is 0.462. The molecule has 1 amide bonds. The summed E-state index contributed by atoms with van der Waals surface area (Å²) in [4.78, 5) is 11.7. The van der Waals surface area contributed by atoms with Gasteiger partial charge in [0.1, 0.15) is 5.54 Å². The maximum Gasteiger partial charge on any atom is 0.242 e. The summed E-state index contributed by atoms with van der Waals surface area (Å²) in [7, 11) is 0. The third-order valence-electron chi connectivity index (χ3n) is 2.86. The topological polar surface area (TPSA) is 84.6 Å². The van der Waals surface area contributed by atoms with Gasteiger partial charge in [0.05, 0.1) is 19.8 Å². The van der Waals surface area contributed by atoms with Crippen molar-refractivity contribution in [1.82, 2.24) is 5.32 Å². The molecule has 0 spiro atoms. The Morgan fingerprint density at radius 3 is 2.84 bits per heavy atom. The summed E-state index contributed by atoms with van der Waals surface area (Å²) in [5.41, 5.74) is 5.17. The highest BCUT2D eigenvalue weighted by molar-refractivity contribution is 6.30. The average molecular weight is 287 g/mol. The van der Waals surface area contributed by atoms with Crippen LogP contribution in [0.25, 0.3) is 0 Å². The van der Waals surface area contributed by atoms with Crippen LogP contribution < -0.4 is 11.1 Å². The maximum atomic E-state index is 11.7. The highest BCUT2D eigenvalue weighted by Crippen LogP contribution is 2.23. The molecule has 19 heavy (non-hydrogen) atoms. The van der Waals surface area contributed by atoms with E-state index in [0.29, 0.717) is 23.7 Å². The molecule has 1 rings (SSSR count). The van der Waals surface area contributed by atoms with E-state index in [4.69, 9.17) is 27.2 Å². The highest BCUT2D eigenvalue weighted by Gasteiger charge is 2.32. The van der Waals surface area contributed by atoms with Crippen LogP contribution in [0.2, 0.25) is 5.02 Å². The van der Waals surface area contributed by atoms with Gasteiger partial charge in [0, 0.05) is 11.6 Å². The molecule has 0 heterocycles. The second-order valence-corrected chi connectivity index (χ2v) is 4.70. The van der Waals surface area contributed by atoms with Crippen LogP contribution in [0.3, 0.4) is 0 Å². The van der Waals surface area contributed by atoms with Gasteiger partial charge in [-0.05, 0) is 24.6 Å². The number of aliphatic hydroxyl groups is 1. The van der Waals surface area contributed by atoms with E-state index < -0.39 is 11.4 Å². The van der Waals surface area contributed by atoms with E-state index in [-0.39, 0.29) is 13.2 Å². The third kappa shape index (κ3) is 4.47. The van der Waals surface area contributed by atoms with Crippen LogP contribution in [0.1, 0.15) is 12.5 Å². The van der Waals surface area contributed by atoms with Gasteiger partial charge in [-0.1, -0.05) is 23.7 Å². The maximum absolute atomic E-state index is 11.7. The summed E-state index contributed by atoms with van der Waals surface area (Å²) in [6, 6.07) is 6.99. The number of nitrogens with one attached hydrogen (secondary N) is 1. The van der Waals surface area contributed by atoms with Gasteiger partial charge in [0.25, 0.3) is 0 Å². The quantitative estimate of drug-likeness (QED) is 0.612. The number of hydrogen-bond donors (Lipinski definition) is 3. The Balaban J connectivity index is 2.72. The lowest BCUT2D eigenvalue weighted by Gasteiger charge is -2.28. The largest absolute Gasteiger partial charge is 0.394 e. The number of halogens is 1. The summed E-state index contributed by atoms with van der Waals surface area (Å²) >= 11 is 5.93. The zero-order valence-corrected chi connectivity index (χ0v) is 11.6. The molecular weight excluding hydrogens is 268 g/mol. The number of amides is 1. The number of aliphatic hydroxyl groups excluding tert-OH is 1. The van der Waals surface area contributed by atoms with Gasteiger partial charge >= 0.3 is 0 Å². The van der Waals surface area contributed by atoms with Crippen LogP contribution in [0.5, 0.6) is 0 Å². The SMILES string of the molecule is CC(NCCOCCO)(C(N)=O)c1cccc(Cl)c1. The fourth-order valence-corrected chi connectivity index (χ4v) is 1.86. The van der Waals surface area contributed by atoms with Crippen LogP contribution in [0.15, 0.2) is 24.3 Å². The first-order valence-corrected chi connectivity index (χ1v) is 6.38. The molecule has 0 aliphatic rings. The second kappa shape index (κ2) is 7.45. The summed E-state index contributed by atoms with van der Waals surface area (Å²) in [5.74, 6) is -0.489. The molecule has 4 N–H and O–H groups in total. The van der Waals surface area contributed by atoms with Gasteiger partial charge in [0.15, 0.2) is 0 Å². The van der Waals surface area contributed by atoms with Gasteiger partial charge in [0.2, 0.25) is 5.91 Å². The fourth-order valence-electron chi connectivity index (χ4n) is 1.67. The number of nitrogens with two attached hydrogens (primary N) is 1. The number of carbonyl (C=O) groups excluding carboxylic acids is 1. The summed E-state index contributed by atoms with van der Waals surface area (Å²) in [6.45, 7) is 2.76. The third-order valence-corrected chi connectivity index (χ3v) is 3.09. The van der Waals surface area contributed by atoms with Crippen molar-refractivity contribution in [3.8, 4) is 0 Å². The lowest BCUT2D eigenvalue weighted by molar-refractivity contribution is -0.124. The molecule has 1 unspecified atom stereocenters. The van der Waals surface area contributed by atoms with Crippen LogP contribution >= 0.6 is 11.6 Å². The predicted molar refractivity (Wildman–Crippen MR) is 73.9 cm³/mol. The molecule has 1 atom stereocenters. The smallest absolute Gasteiger partial charge is 0.242 e. The van der Waals surface area contributed by atoms with E-state index in [0.717, 1.165) is 0 Å². The first kappa shape index (κ1) is 15.9. The van der Waals surface area contributed by atoms with Crippen LogP contribution in [0, 0.1) is 0 Å². The lowest BCUT2D eigenvalue weighted by Crippen LogP contribution is -2.51. The van der Waals surface area contributed by atoms with Crippen molar-refractivity contribution < 1.29 is 14.6 Å². The van der Waals surface area contributed by atoms with Crippen molar-refractivity contribution in [2.45, 2.75) is 12.5 Å². The van der Waals surface area contributed by atoms with Crippen molar-refractivity contribution in [1.29, 1.82) is 0 Å². The zero-order chi connectivity index (χ0) is 14.3. The van der Waals surface area contributed by atoms with Crippen LogP contribution in [-0.2, 0) is 15.1 Å². The molecule has 0 radical (unpaired) electrons. The molecule has 0 saturated carbocycles. The average Bonchev–Trinajstić information content (AvgIpc) is 2.38. The second-order valence-electron chi connectivity index (χ2n) is 4.26. The Labute approximate surface area is 117 Å². The van der Waals surface area contributed by atoms with E-state index >= 15 is 0 Å². The number of benzene rings is 1. The standard InChI is InChI=1S/C13H19ClN2O3/c1-13(12(15)18,16-5-7-19-8-6-17)10-3-2-4-11(14)9-10/h2-4,9,16-17H,5-8H2,1H3,(H2,15,18). The van der Waals surface area contributed by atoms with Gasteiger partial charge < -0.3 is 15.6 Å². The molecule has 0 fully saturated rings. The minimum atomic E-state index is -1.01. The molecule has 0 saturated heterocycles. The summed E-state index contributed by atoms with van der Waals surface area (Å²) in [5, 5.41) is 12.2. The first-order chi connectivity index (χ1) is 9.00. The highest BCUT2D eigenvalue weighted by atomic mass is 35.5. The predicted octanol–water partition coefficient (Wildman–Crippen LogP) is 0.639. The number of rotatable bonds is 8. The summed E-state index contributed by atoms with van der Waals surface area (Å²) < 4.78 is 5.13. The normalized spacial score (nSPS) is 14.1. The Bertz CT molecular complexity index is 428. The Morgan fingerprint density at radius 1 is 1.53 bits per heavy atom. The van der Waals surface area contributed by atoms with Crippen molar-refractivity contribution in [3.63, 3.8) is 0 Å². The van der Waals surface area contributed by atoms with E-state index in [1.165, 1.54) is 0 Å². The molecule has 6 heteroatoms. The zero-order valence-electron chi connectivity index (χ0n) is 10.9. The number of hydrogen-bond acceptors (Lipinski definition) is 4. The molecule has 106 valence electrons. The van der Waals surface area contributed by atoms with Crippen LogP contribution in [-0.4, -0.2) is 37.4 Å². The minimum Gasteiger partial charge on any atom is -0.394 e. The van der Waals surface area contributed by atoms with Gasteiger partial charge in [-0.3, -0.25) is 10.1 Å². The van der Waals surface area contributed by atoms with Crippen molar-refractivity contribution in [2.24, 2.45) is 5.73 Å². The molecule has 0 aliphatic heterocycles. The Kier molecular flexibility index (Phi) is 6.24. The minimum absolute atomic E-state index is 0.0264. The van der Waals surface area contributed by atoms with Gasteiger partial charge in [-0.2, -0.15) is 0 Å². The van der Waals surface area contributed by atoms with Gasteiger partial charge in [-0.25, -0.2) is 0 Å². The van der Waals surface area contributed by atoms with Gasteiger partial charge in [-0.15, -0.1) is 0 Å². The Hall–Kier alpha value is -1.14. The summed E-state index contributed by atoms with van der Waals surface area (Å²) in [6.07, 6.45) is 0. The monoisotopic (exact) mass is 286 g/mol. The molecule has 5 nitrogen and oxygen atoms in total.